The van der Waals surface area contributed by atoms with Crippen LogP contribution in [0.3, 0.4) is 0 Å². The van der Waals surface area contributed by atoms with Crippen molar-refractivity contribution in [2.45, 2.75) is 52.0 Å². The van der Waals surface area contributed by atoms with Gasteiger partial charge >= 0.3 is 12.1 Å². The van der Waals surface area contributed by atoms with E-state index in [1.54, 1.807) is 29.2 Å². The normalized spacial score (nSPS) is 17.1. The zero-order valence-electron chi connectivity index (χ0n) is 21.0. The minimum atomic E-state index is -1.07. The minimum absolute atomic E-state index is 0.0971. The van der Waals surface area contributed by atoms with Gasteiger partial charge in [-0.05, 0) is 37.0 Å². The van der Waals surface area contributed by atoms with E-state index >= 15 is 0 Å². The van der Waals surface area contributed by atoms with Crippen LogP contribution in [0, 0.1) is 5.41 Å². The molecule has 0 bridgehead atoms. The number of hydrogen-bond donors (Lipinski definition) is 4. The lowest BCUT2D eigenvalue weighted by molar-refractivity contribution is -0.139. The maximum absolute atomic E-state index is 12.4. The first-order valence-electron chi connectivity index (χ1n) is 12.5. The fourth-order valence-electron chi connectivity index (χ4n) is 4.26. The topological polar surface area (TPSA) is 138 Å². The first-order chi connectivity index (χ1) is 17.4. The van der Waals surface area contributed by atoms with Crippen LogP contribution in [0.25, 0.3) is 0 Å². The van der Waals surface area contributed by atoms with E-state index in [-0.39, 0.29) is 18.4 Å². The molecular weight excluding hydrogens is 464 g/mol. The quantitative estimate of drug-likeness (QED) is 0.253. The molecule has 196 valence electrons. The second kappa shape index (κ2) is 12.9. The lowest BCUT2D eigenvalue weighted by atomic mass is 10.1. The Hall–Kier alpha value is -3.60. The second-order valence-electron chi connectivity index (χ2n) is 8.78. The standard InChI is InChI=1S/C25H36N6O5/c1-3-30(4-2)28-23(21(17-26)31-15-7-8-22(31)32)27-20(24(33)34)16-18-9-11-19(12-10-18)36-25(35)29-13-5-6-14-29/h9-12,17,20,26-28H,3-8,13-16H2,1-2H3,(H,33,34)/b23-21+,26-17?. The smallest absolute Gasteiger partial charge is 0.415 e. The van der Waals surface area contributed by atoms with Crippen molar-refractivity contribution in [2.24, 2.45) is 0 Å². The van der Waals surface area contributed by atoms with E-state index in [2.05, 4.69) is 10.7 Å². The van der Waals surface area contributed by atoms with Gasteiger partial charge < -0.3 is 35.8 Å². The molecular formula is C25H36N6O5. The summed E-state index contributed by atoms with van der Waals surface area (Å²) in [6, 6.07) is 5.73. The Labute approximate surface area is 211 Å². The maximum atomic E-state index is 12.4. The van der Waals surface area contributed by atoms with E-state index in [0.717, 1.165) is 24.6 Å². The number of likely N-dealkylation sites (tertiary alicyclic amines) is 2. The first-order valence-corrected chi connectivity index (χ1v) is 12.5. The van der Waals surface area contributed by atoms with Crippen molar-refractivity contribution in [1.82, 2.24) is 25.6 Å². The number of carbonyl (C=O) groups is 3. The number of carbonyl (C=O) groups excluding carboxylic acids is 2. The Morgan fingerprint density at radius 1 is 1.14 bits per heavy atom. The third kappa shape index (κ3) is 6.97. The van der Waals surface area contributed by atoms with Crippen molar-refractivity contribution < 1.29 is 24.2 Å². The highest BCUT2D eigenvalue weighted by atomic mass is 16.6. The molecule has 11 nitrogen and oxygen atoms in total. The van der Waals surface area contributed by atoms with Gasteiger partial charge in [0, 0.05) is 51.8 Å². The van der Waals surface area contributed by atoms with Crippen LogP contribution in [-0.2, 0) is 16.0 Å². The van der Waals surface area contributed by atoms with Gasteiger partial charge in [-0.25, -0.2) is 14.6 Å². The first kappa shape index (κ1) is 27.0. The van der Waals surface area contributed by atoms with E-state index in [0.29, 0.717) is 62.8 Å². The summed E-state index contributed by atoms with van der Waals surface area (Å²) >= 11 is 0. The molecule has 0 aromatic heterocycles. The van der Waals surface area contributed by atoms with Gasteiger partial charge in [0.1, 0.15) is 23.3 Å². The Kier molecular flexibility index (Phi) is 9.69. The SMILES string of the molecule is CCN(CC)N/C(NC(Cc1ccc(OC(=O)N2CCCC2)cc1)C(=O)O)=C(\C=N)N1CCCC1=O. The number of ether oxygens (including phenoxy) is 1. The fourth-order valence-corrected chi connectivity index (χ4v) is 4.26. The largest absolute Gasteiger partial charge is 0.480 e. The van der Waals surface area contributed by atoms with E-state index in [1.165, 1.54) is 4.90 Å². The maximum Gasteiger partial charge on any atom is 0.415 e. The summed E-state index contributed by atoms with van der Waals surface area (Å²) in [5.74, 6) is -0.471. The monoisotopic (exact) mass is 500 g/mol. The number of allylic oxidation sites excluding steroid dienone is 1. The predicted molar refractivity (Wildman–Crippen MR) is 134 cm³/mol. The lowest BCUT2D eigenvalue weighted by Crippen LogP contribution is -2.49. The summed E-state index contributed by atoms with van der Waals surface area (Å²) in [5, 5.41) is 22.8. The molecule has 4 N–H and O–H groups in total. The Balaban J connectivity index is 1.76. The third-order valence-corrected chi connectivity index (χ3v) is 6.34. The molecule has 2 heterocycles. The number of nitrogens with zero attached hydrogens (tertiary/aromatic N) is 3. The Morgan fingerprint density at radius 2 is 1.81 bits per heavy atom. The Morgan fingerprint density at radius 3 is 2.33 bits per heavy atom. The van der Waals surface area contributed by atoms with Crippen molar-refractivity contribution in [2.75, 3.05) is 32.7 Å². The van der Waals surface area contributed by atoms with Crippen LogP contribution in [-0.4, -0.2) is 82.9 Å². The van der Waals surface area contributed by atoms with Crippen molar-refractivity contribution in [1.29, 1.82) is 5.41 Å². The number of aliphatic carboxylic acids is 1. The van der Waals surface area contributed by atoms with Crippen LogP contribution < -0.4 is 15.5 Å². The number of benzene rings is 1. The third-order valence-electron chi connectivity index (χ3n) is 6.34. The molecule has 0 saturated carbocycles. The molecule has 0 spiro atoms. The summed E-state index contributed by atoms with van der Waals surface area (Å²) in [5.41, 5.74) is 4.20. The van der Waals surface area contributed by atoms with Gasteiger partial charge in [0.2, 0.25) is 5.91 Å². The van der Waals surface area contributed by atoms with Gasteiger partial charge in [-0.3, -0.25) is 4.79 Å². The molecule has 1 atom stereocenters. The molecule has 2 aliphatic heterocycles. The number of carboxylic acids is 1. The zero-order chi connectivity index (χ0) is 26.1. The van der Waals surface area contributed by atoms with Crippen molar-refractivity contribution in [3.8, 4) is 5.75 Å². The van der Waals surface area contributed by atoms with Crippen LogP contribution in [0.15, 0.2) is 35.8 Å². The van der Waals surface area contributed by atoms with Gasteiger partial charge in [0.15, 0.2) is 0 Å². The number of rotatable bonds is 12. The average Bonchev–Trinajstić information content (AvgIpc) is 3.56. The highest BCUT2D eigenvalue weighted by molar-refractivity contribution is 5.88. The van der Waals surface area contributed by atoms with Gasteiger partial charge in [-0.15, -0.1) is 0 Å². The summed E-state index contributed by atoms with van der Waals surface area (Å²) in [6.45, 7) is 7.04. The molecule has 0 radical (unpaired) electrons. The molecule has 1 unspecified atom stereocenters. The molecule has 1 aromatic carbocycles. The summed E-state index contributed by atoms with van der Waals surface area (Å²) < 4.78 is 5.42. The Bertz CT molecular complexity index is 970. The second-order valence-corrected chi connectivity index (χ2v) is 8.78. The van der Waals surface area contributed by atoms with Gasteiger partial charge in [0.25, 0.3) is 0 Å². The molecule has 36 heavy (non-hydrogen) atoms. The van der Waals surface area contributed by atoms with Crippen LogP contribution >= 0.6 is 0 Å². The highest BCUT2D eigenvalue weighted by Crippen LogP contribution is 2.19. The minimum Gasteiger partial charge on any atom is -0.480 e. The zero-order valence-corrected chi connectivity index (χ0v) is 21.0. The molecule has 3 rings (SSSR count). The summed E-state index contributed by atoms with van der Waals surface area (Å²) in [7, 11) is 0. The van der Waals surface area contributed by atoms with Crippen molar-refractivity contribution in [3.05, 3.63) is 41.3 Å². The fraction of sp³-hybridized carbons (Fsp3) is 0.520. The van der Waals surface area contributed by atoms with E-state index in [9.17, 15) is 19.5 Å². The highest BCUT2D eigenvalue weighted by Gasteiger charge is 2.28. The number of carboxylic acid groups (broad SMARTS) is 1. The number of amides is 2. The molecule has 2 saturated heterocycles. The van der Waals surface area contributed by atoms with Gasteiger partial charge in [-0.2, -0.15) is 0 Å². The molecule has 0 aliphatic carbocycles. The molecule has 2 fully saturated rings. The van der Waals surface area contributed by atoms with Crippen molar-refractivity contribution >= 4 is 24.2 Å². The number of nitrogens with one attached hydrogen (secondary N) is 3. The lowest BCUT2D eigenvalue weighted by Gasteiger charge is -2.29. The average molecular weight is 501 g/mol. The molecule has 11 heteroatoms. The predicted octanol–water partition coefficient (Wildman–Crippen LogP) is 2.15. The van der Waals surface area contributed by atoms with Gasteiger partial charge in [-0.1, -0.05) is 26.0 Å². The molecule has 2 aliphatic rings. The van der Waals surface area contributed by atoms with Crippen LogP contribution in [0.2, 0.25) is 0 Å². The van der Waals surface area contributed by atoms with E-state index < -0.39 is 12.0 Å². The number of hydrazine groups is 1. The van der Waals surface area contributed by atoms with E-state index in [1.807, 2.05) is 18.9 Å². The molecule has 2 amide bonds. The molecule has 1 aromatic rings. The van der Waals surface area contributed by atoms with Crippen LogP contribution in [0.5, 0.6) is 5.75 Å². The summed E-state index contributed by atoms with van der Waals surface area (Å²) in [4.78, 5) is 39.9. The van der Waals surface area contributed by atoms with Gasteiger partial charge in [0.05, 0.1) is 0 Å². The van der Waals surface area contributed by atoms with Crippen LogP contribution in [0.1, 0.15) is 45.1 Å². The van der Waals surface area contributed by atoms with Crippen molar-refractivity contribution in [3.63, 3.8) is 0 Å². The summed E-state index contributed by atoms with van der Waals surface area (Å²) in [6.07, 6.45) is 3.87. The van der Waals surface area contributed by atoms with Crippen LogP contribution in [0.4, 0.5) is 4.79 Å². The number of hydrogen-bond acceptors (Lipinski definition) is 8. The van der Waals surface area contributed by atoms with E-state index in [4.69, 9.17) is 10.1 Å².